The molecular weight excluding hydrogens is 192 g/mol. The molecule has 1 aromatic carbocycles. The Balaban J connectivity index is 2.07. The fourth-order valence-corrected chi connectivity index (χ4v) is 3.00. The third kappa shape index (κ3) is 1.71. The smallest absolute Gasteiger partial charge is 0.150 e. The first-order valence-corrected chi connectivity index (χ1v) is 6.09. The number of carbonyl (C=O) groups is 1. The number of aldehydes is 1. The summed E-state index contributed by atoms with van der Waals surface area (Å²) in [7, 11) is 0. The summed E-state index contributed by atoms with van der Waals surface area (Å²) in [5.41, 5.74) is 3.61. The predicted molar refractivity (Wildman–Crippen MR) is 61.0 cm³/mol. The molecule has 0 bridgehead atoms. The predicted octanol–water partition coefficient (Wildman–Crippen LogP) is 3.24. The van der Waals surface area contributed by atoms with Crippen LogP contribution in [0.1, 0.15) is 40.1 Å². The maximum absolute atomic E-state index is 10.5. The molecule has 1 aliphatic rings. The Morgan fingerprint density at radius 1 is 1.57 bits per heavy atom. The van der Waals surface area contributed by atoms with Crippen molar-refractivity contribution in [2.24, 2.45) is 0 Å². The van der Waals surface area contributed by atoms with Crippen molar-refractivity contribution in [1.82, 2.24) is 0 Å². The maximum Gasteiger partial charge on any atom is 0.150 e. The minimum absolute atomic E-state index is 0.686. The van der Waals surface area contributed by atoms with Gasteiger partial charge in [-0.3, -0.25) is 4.79 Å². The summed E-state index contributed by atoms with van der Waals surface area (Å²) in [6.45, 7) is 2.21. The molecule has 0 fully saturated rings. The Labute approximate surface area is 88.9 Å². The van der Waals surface area contributed by atoms with E-state index in [1.54, 1.807) is 0 Å². The summed E-state index contributed by atoms with van der Waals surface area (Å²) in [5.74, 6) is 1.24. The molecule has 0 radical (unpaired) electrons. The second-order valence-electron chi connectivity index (χ2n) is 3.64. The lowest BCUT2D eigenvalue weighted by molar-refractivity contribution is 0.112. The van der Waals surface area contributed by atoms with E-state index in [4.69, 9.17) is 0 Å². The normalized spacial score (nSPS) is 18.5. The highest BCUT2D eigenvalue weighted by atomic mass is 32.2. The highest BCUT2D eigenvalue weighted by molar-refractivity contribution is 7.99. The molecule has 1 atom stereocenters. The van der Waals surface area contributed by atoms with Gasteiger partial charge in [0.25, 0.3) is 0 Å². The zero-order chi connectivity index (χ0) is 9.97. The van der Waals surface area contributed by atoms with Crippen molar-refractivity contribution < 1.29 is 4.79 Å². The number of fused-ring (bicyclic) bond motifs is 1. The number of benzene rings is 1. The second kappa shape index (κ2) is 4.18. The molecule has 0 saturated heterocycles. The first-order valence-electron chi connectivity index (χ1n) is 5.04. The molecule has 0 saturated carbocycles. The Morgan fingerprint density at radius 2 is 2.43 bits per heavy atom. The van der Waals surface area contributed by atoms with E-state index >= 15 is 0 Å². The van der Waals surface area contributed by atoms with E-state index in [0.717, 1.165) is 18.3 Å². The van der Waals surface area contributed by atoms with Gasteiger partial charge in [-0.2, -0.15) is 11.8 Å². The average molecular weight is 206 g/mol. The van der Waals surface area contributed by atoms with Crippen molar-refractivity contribution in [3.05, 3.63) is 34.9 Å². The minimum Gasteiger partial charge on any atom is -0.298 e. The summed E-state index contributed by atoms with van der Waals surface area (Å²) in [6, 6.07) is 6.05. The SMILES string of the molecule is CCCSC1Cc2cc(C=O)ccc21. The highest BCUT2D eigenvalue weighted by Crippen LogP contribution is 2.43. The molecule has 1 unspecified atom stereocenters. The number of rotatable bonds is 4. The lowest BCUT2D eigenvalue weighted by Gasteiger charge is -2.29. The van der Waals surface area contributed by atoms with Crippen molar-refractivity contribution in [3.63, 3.8) is 0 Å². The Kier molecular flexibility index (Phi) is 2.92. The van der Waals surface area contributed by atoms with E-state index in [1.807, 2.05) is 23.9 Å². The molecule has 0 heterocycles. The molecular formula is C12H14OS. The third-order valence-electron chi connectivity index (χ3n) is 2.58. The van der Waals surface area contributed by atoms with Crippen LogP contribution in [0.15, 0.2) is 18.2 Å². The Bertz CT molecular complexity index is 346. The molecule has 0 spiro atoms. The number of carbonyl (C=O) groups excluding carboxylic acids is 1. The lowest BCUT2D eigenvalue weighted by atomic mass is 9.87. The van der Waals surface area contributed by atoms with Crippen LogP contribution < -0.4 is 0 Å². The van der Waals surface area contributed by atoms with Gasteiger partial charge < -0.3 is 0 Å². The van der Waals surface area contributed by atoms with Gasteiger partial charge in [-0.1, -0.05) is 19.1 Å². The maximum atomic E-state index is 10.5. The van der Waals surface area contributed by atoms with Crippen LogP contribution in [0.3, 0.4) is 0 Å². The Hall–Kier alpha value is -0.760. The average Bonchev–Trinajstić information content (AvgIpc) is 2.19. The van der Waals surface area contributed by atoms with Gasteiger partial charge in [-0.15, -0.1) is 0 Å². The third-order valence-corrected chi connectivity index (χ3v) is 4.05. The molecule has 1 nitrogen and oxygen atoms in total. The van der Waals surface area contributed by atoms with Crippen LogP contribution in [0.4, 0.5) is 0 Å². The van der Waals surface area contributed by atoms with E-state index in [1.165, 1.54) is 23.3 Å². The molecule has 2 rings (SSSR count). The fraction of sp³-hybridized carbons (Fsp3) is 0.417. The minimum atomic E-state index is 0.686. The Morgan fingerprint density at radius 3 is 3.07 bits per heavy atom. The lowest BCUT2D eigenvalue weighted by Crippen LogP contribution is -2.14. The van der Waals surface area contributed by atoms with Gasteiger partial charge >= 0.3 is 0 Å². The number of hydrogen-bond acceptors (Lipinski definition) is 2. The van der Waals surface area contributed by atoms with Gasteiger partial charge in [-0.05, 0) is 35.8 Å². The molecule has 74 valence electrons. The van der Waals surface area contributed by atoms with Gasteiger partial charge in [0, 0.05) is 10.8 Å². The number of hydrogen-bond donors (Lipinski definition) is 0. The highest BCUT2D eigenvalue weighted by Gasteiger charge is 2.25. The number of thioether (sulfide) groups is 1. The van der Waals surface area contributed by atoms with E-state index in [0.29, 0.717) is 5.25 Å². The van der Waals surface area contributed by atoms with Crippen LogP contribution in [0.2, 0.25) is 0 Å². The van der Waals surface area contributed by atoms with Gasteiger partial charge in [0.1, 0.15) is 6.29 Å². The van der Waals surface area contributed by atoms with Crippen LogP contribution in [0, 0.1) is 0 Å². The van der Waals surface area contributed by atoms with Crippen molar-refractivity contribution in [3.8, 4) is 0 Å². The molecule has 1 aromatic rings. The van der Waals surface area contributed by atoms with Crippen LogP contribution >= 0.6 is 11.8 Å². The molecule has 0 N–H and O–H groups in total. The molecule has 0 amide bonds. The topological polar surface area (TPSA) is 17.1 Å². The first kappa shape index (κ1) is 9.78. The van der Waals surface area contributed by atoms with E-state index in [-0.39, 0.29) is 0 Å². The molecule has 14 heavy (non-hydrogen) atoms. The second-order valence-corrected chi connectivity index (χ2v) is 4.95. The summed E-state index contributed by atoms with van der Waals surface area (Å²) in [5, 5.41) is 0.686. The van der Waals surface area contributed by atoms with Gasteiger partial charge in [0.15, 0.2) is 0 Å². The fourth-order valence-electron chi connectivity index (χ4n) is 1.78. The van der Waals surface area contributed by atoms with Crippen LogP contribution in [-0.4, -0.2) is 12.0 Å². The van der Waals surface area contributed by atoms with E-state index in [9.17, 15) is 4.79 Å². The monoisotopic (exact) mass is 206 g/mol. The zero-order valence-electron chi connectivity index (χ0n) is 8.32. The molecule has 0 aliphatic heterocycles. The van der Waals surface area contributed by atoms with Crippen LogP contribution in [0.5, 0.6) is 0 Å². The van der Waals surface area contributed by atoms with Crippen molar-refractivity contribution in [1.29, 1.82) is 0 Å². The zero-order valence-corrected chi connectivity index (χ0v) is 9.14. The molecule has 1 aliphatic carbocycles. The van der Waals surface area contributed by atoms with Crippen molar-refractivity contribution in [2.45, 2.75) is 25.0 Å². The van der Waals surface area contributed by atoms with Gasteiger partial charge in [0.2, 0.25) is 0 Å². The first-order chi connectivity index (χ1) is 6.85. The van der Waals surface area contributed by atoms with E-state index < -0.39 is 0 Å². The summed E-state index contributed by atoms with van der Waals surface area (Å²) in [6.07, 6.45) is 3.30. The standard InChI is InChI=1S/C12H14OS/c1-2-5-14-12-7-10-6-9(8-13)3-4-11(10)12/h3-4,6,8,12H,2,5,7H2,1H3. The summed E-state index contributed by atoms with van der Waals surface area (Å²) >= 11 is 2.03. The quantitative estimate of drug-likeness (QED) is 0.703. The summed E-state index contributed by atoms with van der Waals surface area (Å²) < 4.78 is 0. The van der Waals surface area contributed by atoms with Crippen LogP contribution in [-0.2, 0) is 6.42 Å². The van der Waals surface area contributed by atoms with Gasteiger partial charge in [-0.25, -0.2) is 0 Å². The summed E-state index contributed by atoms with van der Waals surface area (Å²) in [4.78, 5) is 10.5. The van der Waals surface area contributed by atoms with E-state index in [2.05, 4.69) is 13.0 Å². The molecule has 2 heteroatoms. The molecule has 0 aromatic heterocycles. The van der Waals surface area contributed by atoms with Crippen molar-refractivity contribution in [2.75, 3.05) is 5.75 Å². The van der Waals surface area contributed by atoms with Crippen molar-refractivity contribution >= 4 is 18.0 Å². The van der Waals surface area contributed by atoms with Gasteiger partial charge in [0.05, 0.1) is 0 Å². The largest absolute Gasteiger partial charge is 0.298 e. The van der Waals surface area contributed by atoms with Crippen LogP contribution in [0.25, 0.3) is 0 Å².